The van der Waals surface area contributed by atoms with Gasteiger partial charge in [-0.1, -0.05) is 18.2 Å². The molecule has 2 rings (SSSR count). The molecule has 0 aliphatic heterocycles. The summed E-state index contributed by atoms with van der Waals surface area (Å²) in [7, 11) is 0. The predicted octanol–water partition coefficient (Wildman–Crippen LogP) is 1.44. The van der Waals surface area contributed by atoms with Gasteiger partial charge in [-0.15, -0.1) is 0 Å². The minimum absolute atomic E-state index is 0.227. The van der Waals surface area contributed by atoms with Gasteiger partial charge in [-0.2, -0.15) is 13.2 Å². The molecule has 1 atom stereocenters. The van der Waals surface area contributed by atoms with Gasteiger partial charge in [0, 0.05) is 0 Å². The Bertz CT molecular complexity index is 677. The third-order valence-corrected chi connectivity index (χ3v) is 2.94. The number of hydrogen-bond acceptors (Lipinski definition) is 6. The Morgan fingerprint density at radius 1 is 1.13 bits per heavy atom. The molecule has 23 heavy (non-hydrogen) atoms. The van der Waals surface area contributed by atoms with Crippen molar-refractivity contribution in [3.63, 3.8) is 0 Å². The van der Waals surface area contributed by atoms with E-state index < -0.39 is 30.0 Å². The number of ether oxygens (including phenoxy) is 1. The summed E-state index contributed by atoms with van der Waals surface area (Å²) in [5.41, 5.74) is -4.83. The third kappa shape index (κ3) is 3.46. The number of rotatable bonds is 4. The smallest absolute Gasteiger partial charge is 0.422 e. The summed E-state index contributed by atoms with van der Waals surface area (Å²) < 4.78 is 43.2. The highest BCUT2D eigenvalue weighted by molar-refractivity contribution is 5.88. The molecule has 6 nitrogen and oxygen atoms in total. The topological polar surface area (TPSA) is 92.5 Å². The second-order valence-electron chi connectivity index (χ2n) is 4.51. The lowest BCUT2D eigenvalue weighted by atomic mass is 10.0. The molecule has 0 saturated carbocycles. The summed E-state index contributed by atoms with van der Waals surface area (Å²) in [5, 5.41) is 18.3. The quantitative estimate of drug-likeness (QED) is 0.652. The number of aliphatic hydroxyl groups excluding tert-OH is 1. The molecule has 0 aliphatic rings. The molecule has 0 spiro atoms. The maximum Gasteiger partial charge on any atom is 0.425 e. The monoisotopic (exact) mass is 328 g/mol. The van der Waals surface area contributed by atoms with Gasteiger partial charge in [0.15, 0.2) is 5.69 Å². The maximum absolute atomic E-state index is 12.8. The van der Waals surface area contributed by atoms with Crippen LogP contribution >= 0.6 is 0 Å². The SMILES string of the molecule is O=C(Oc1ccccc1)c1cnc(C(O)(CO)C(F)(F)F)cn1. The highest BCUT2D eigenvalue weighted by atomic mass is 19.4. The lowest BCUT2D eigenvalue weighted by Crippen LogP contribution is -2.46. The first-order valence-corrected chi connectivity index (χ1v) is 6.27. The van der Waals surface area contributed by atoms with Crippen LogP contribution in [0.5, 0.6) is 5.75 Å². The van der Waals surface area contributed by atoms with Crippen LogP contribution in [0.15, 0.2) is 42.7 Å². The van der Waals surface area contributed by atoms with E-state index in [0.29, 0.717) is 6.20 Å². The van der Waals surface area contributed by atoms with Gasteiger partial charge in [-0.3, -0.25) is 4.98 Å². The molecule has 1 heterocycles. The molecule has 9 heteroatoms. The number of esters is 1. The molecule has 2 aromatic rings. The highest BCUT2D eigenvalue weighted by Gasteiger charge is 2.56. The Balaban J connectivity index is 2.21. The number of carbonyl (C=O) groups excluding carboxylic acids is 1. The average molecular weight is 328 g/mol. The van der Waals surface area contributed by atoms with Crippen molar-refractivity contribution in [2.75, 3.05) is 6.61 Å². The number of carbonyl (C=O) groups is 1. The van der Waals surface area contributed by atoms with Gasteiger partial charge in [0.2, 0.25) is 5.60 Å². The molecule has 122 valence electrons. The number of benzene rings is 1. The van der Waals surface area contributed by atoms with E-state index in [0.717, 1.165) is 6.20 Å². The molecule has 0 saturated heterocycles. The number of alkyl halides is 3. The number of nitrogens with zero attached hydrogens (tertiary/aromatic N) is 2. The summed E-state index contributed by atoms with van der Waals surface area (Å²) in [6.45, 7) is -1.63. The van der Waals surface area contributed by atoms with Gasteiger partial charge >= 0.3 is 12.1 Å². The third-order valence-electron chi connectivity index (χ3n) is 2.94. The lowest BCUT2D eigenvalue weighted by Gasteiger charge is -2.27. The van der Waals surface area contributed by atoms with E-state index in [1.54, 1.807) is 18.2 Å². The van der Waals surface area contributed by atoms with Gasteiger partial charge in [-0.05, 0) is 12.1 Å². The normalized spacial score (nSPS) is 14.1. The van der Waals surface area contributed by atoms with E-state index in [2.05, 4.69) is 9.97 Å². The van der Waals surface area contributed by atoms with Crippen LogP contribution in [-0.4, -0.2) is 38.9 Å². The zero-order valence-corrected chi connectivity index (χ0v) is 11.5. The van der Waals surface area contributed by atoms with Crippen molar-refractivity contribution in [2.45, 2.75) is 11.8 Å². The van der Waals surface area contributed by atoms with E-state index in [1.165, 1.54) is 12.1 Å². The van der Waals surface area contributed by atoms with Crippen LogP contribution in [0.25, 0.3) is 0 Å². The van der Waals surface area contributed by atoms with Crippen molar-refractivity contribution in [1.29, 1.82) is 0 Å². The van der Waals surface area contributed by atoms with E-state index in [-0.39, 0.29) is 11.4 Å². The summed E-state index contributed by atoms with van der Waals surface area (Å²) >= 11 is 0. The molecule has 0 fully saturated rings. The molecular formula is C14H11F3N2O4. The average Bonchev–Trinajstić information content (AvgIpc) is 2.54. The Hall–Kier alpha value is -2.52. The van der Waals surface area contributed by atoms with Gasteiger partial charge < -0.3 is 14.9 Å². The lowest BCUT2D eigenvalue weighted by molar-refractivity contribution is -0.279. The fraction of sp³-hybridized carbons (Fsp3) is 0.214. The minimum Gasteiger partial charge on any atom is -0.422 e. The van der Waals surface area contributed by atoms with E-state index >= 15 is 0 Å². The first-order chi connectivity index (χ1) is 10.8. The van der Waals surface area contributed by atoms with Gasteiger partial charge in [0.1, 0.15) is 11.4 Å². The van der Waals surface area contributed by atoms with Crippen molar-refractivity contribution < 1.29 is 32.9 Å². The van der Waals surface area contributed by atoms with Crippen molar-refractivity contribution in [2.24, 2.45) is 0 Å². The van der Waals surface area contributed by atoms with E-state index in [9.17, 15) is 23.1 Å². The van der Waals surface area contributed by atoms with Crippen LogP contribution in [-0.2, 0) is 5.60 Å². The second kappa shape index (κ2) is 6.31. The summed E-state index contributed by atoms with van der Waals surface area (Å²) in [6.07, 6.45) is -3.86. The predicted molar refractivity (Wildman–Crippen MR) is 70.5 cm³/mol. The van der Waals surface area contributed by atoms with Crippen LogP contribution in [0.4, 0.5) is 13.2 Å². The zero-order valence-electron chi connectivity index (χ0n) is 11.5. The van der Waals surface area contributed by atoms with Crippen molar-refractivity contribution >= 4 is 5.97 Å². The standard InChI is InChI=1S/C14H11F3N2O4/c15-14(16,17)13(22,8-20)11-7-18-10(6-19-11)12(21)23-9-4-2-1-3-5-9/h1-7,20,22H,8H2. The summed E-state index contributed by atoms with van der Waals surface area (Å²) in [4.78, 5) is 18.6. The van der Waals surface area contributed by atoms with Crippen LogP contribution in [0.3, 0.4) is 0 Å². The highest BCUT2D eigenvalue weighted by Crippen LogP contribution is 2.37. The molecule has 1 unspecified atom stereocenters. The molecule has 1 aromatic carbocycles. The van der Waals surface area contributed by atoms with Crippen LogP contribution < -0.4 is 4.74 Å². The number of aromatic nitrogens is 2. The van der Waals surface area contributed by atoms with Gasteiger partial charge in [0.25, 0.3) is 0 Å². The molecule has 2 N–H and O–H groups in total. The second-order valence-corrected chi connectivity index (χ2v) is 4.51. The Morgan fingerprint density at radius 3 is 2.26 bits per heavy atom. The number of halogens is 3. The van der Waals surface area contributed by atoms with Gasteiger partial charge in [-0.25, -0.2) is 9.78 Å². The maximum atomic E-state index is 12.8. The number of aliphatic hydroxyl groups is 2. The van der Waals surface area contributed by atoms with E-state index in [4.69, 9.17) is 9.84 Å². The largest absolute Gasteiger partial charge is 0.425 e. The first-order valence-electron chi connectivity index (χ1n) is 6.27. The van der Waals surface area contributed by atoms with Crippen molar-refractivity contribution in [3.05, 3.63) is 54.1 Å². The summed E-state index contributed by atoms with van der Waals surface area (Å²) in [5.74, 6) is -0.694. The van der Waals surface area contributed by atoms with Crippen LogP contribution in [0.1, 0.15) is 16.2 Å². The number of para-hydroxylation sites is 1. The van der Waals surface area contributed by atoms with Crippen molar-refractivity contribution in [1.82, 2.24) is 9.97 Å². The fourth-order valence-electron chi connectivity index (χ4n) is 1.61. The van der Waals surface area contributed by atoms with Crippen molar-refractivity contribution in [3.8, 4) is 5.75 Å². The number of hydrogen-bond donors (Lipinski definition) is 2. The minimum atomic E-state index is -5.15. The molecule has 0 radical (unpaired) electrons. The van der Waals surface area contributed by atoms with E-state index in [1.807, 2.05) is 0 Å². The zero-order chi connectivity index (χ0) is 17.1. The van der Waals surface area contributed by atoms with Crippen LogP contribution in [0.2, 0.25) is 0 Å². The molecule has 0 amide bonds. The molecule has 1 aromatic heterocycles. The van der Waals surface area contributed by atoms with Crippen LogP contribution in [0, 0.1) is 0 Å². The Labute approximate surface area is 128 Å². The fourth-order valence-corrected chi connectivity index (χ4v) is 1.61. The molecule has 0 bridgehead atoms. The van der Waals surface area contributed by atoms with Gasteiger partial charge in [0.05, 0.1) is 19.0 Å². The Kier molecular flexibility index (Phi) is 4.62. The summed E-state index contributed by atoms with van der Waals surface area (Å²) in [6, 6.07) is 7.98. The molecule has 0 aliphatic carbocycles. The Morgan fingerprint density at radius 2 is 1.78 bits per heavy atom. The first kappa shape index (κ1) is 16.8. The molecular weight excluding hydrogens is 317 g/mol.